The summed E-state index contributed by atoms with van der Waals surface area (Å²) in [5, 5.41) is 8.34. The minimum Gasteiger partial charge on any atom is -0.481 e. The van der Waals surface area contributed by atoms with E-state index >= 15 is 0 Å². The molecule has 0 rings (SSSR count). The molecule has 0 saturated heterocycles. The first-order chi connectivity index (χ1) is 6.29. The van der Waals surface area contributed by atoms with Gasteiger partial charge in [0.1, 0.15) is 6.04 Å². The number of nitrogens with zero attached hydrogens (tertiary/aromatic N) is 1. The number of rotatable bonds is 5. The molecule has 0 aliphatic heterocycles. The van der Waals surface area contributed by atoms with Crippen molar-refractivity contribution in [2.75, 3.05) is 13.6 Å². The Morgan fingerprint density at radius 1 is 1.50 bits per heavy atom. The summed E-state index contributed by atoms with van der Waals surface area (Å²) in [6.45, 7) is 1.97. The smallest absolute Gasteiger partial charge is 0.404 e. The zero-order valence-electron chi connectivity index (χ0n) is 8.14. The third kappa shape index (κ3) is 4.45. The molecule has 0 radical (unpaired) electrons. The summed E-state index contributed by atoms with van der Waals surface area (Å²) >= 11 is 0. The number of carboxylic acid groups (broad SMARTS) is 1. The van der Waals surface area contributed by atoms with E-state index in [0.717, 1.165) is 4.90 Å². The maximum atomic E-state index is 12.3. The van der Waals surface area contributed by atoms with Crippen molar-refractivity contribution in [1.29, 1.82) is 0 Å². The lowest BCUT2D eigenvalue weighted by molar-refractivity contribution is -0.187. The molecule has 14 heavy (non-hydrogen) atoms. The van der Waals surface area contributed by atoms with E-state index in [1.807, 2.05) is 0 Å². The Bertz CT molecular complexity index is 194. The van der Waals surface area contributed by atoms with Crippen LogP contribution in [0.3, 0.4) is 0 Å². The van der Waals surface area contributed by atoms with Gasteiger partial charge >= 0.3 is 12.1 Å². The SMILES string of the molecule is CCCN(C)C(CC(=O)O)C(F)(F)F. The number of hydrogen-bond acceptors (Lipinski definition) is 2. The zero-order chi connectivity index (χ0) is 11.4. The van der Waals surface area contributed by atoms with Gasteiger partial charge in [0.05, 0.1) is 6.42 Å². The highest BCUT2D eigenvalue weighted by atomic mass is 19.4. The quantitative estimate of drug-likeness (QED) is 0.756. The normalized spacial score (nSPS) is 14.4. The number of carbonyl (C=O) groups is 1. The Balaban J connectivity index is 4.46. The van der Waals surface area contributed by atoms with Crippen LogP contribution in [0, 0.1) is 0 Å². The Morgan fingerprint density at radius 3 is 2.29 bits per heavy atom. The van der Waals surface area contributed by atoms with Crippen molar-refractivity contribution in [1.82, 2.24) is 4.90 Å². The van der Waals surface area contributed by atoms with Gasteiger partial charge in [-0.15, -0.1) is 0 Å². The van der Waals surface area contributed by atoms with Crippen LogP contribution in [0.25, 0.3) is 0 Å². The predicted molar refractivity (Wildman–Crippen MR) is 45.0 cm³/mol. The van der Waals surface area contributed by atoms with Crippen LogP contribution >= 0.6 is 0 Å². The third-order valence-electron chi connectivity index (χ3n) is 1.85. The fourth-order valence-electron chi connectivity index (χ4n) is 1.20. The topological polar surface area (TPSA) is 40.5 Å². The average molecular weight is 213 g/mol. The molecular formula is C8H14F3NO2. The van der Waals surface area contributed by atoms with E-state index < -0.39 is 24.6 Å². The van der Waals surface area contributed by atoms with Gasteiger partial charge in [-0.25, -0.2) is 0 Å². The minimum atomic E-state index is -4.48. The fourth-order valence-corrected chi connectivity index (χ4v) is 1.20. The molecule has 0 aliphatic carbocycles. The van der Waals surface area contributed by atoms with Gasteiger partial charge in [0.25, 0.3) is 0 Å². The van der Waals surface area contributed by atoms with Gasteiger partial charge in [0.2, 0.25) is 0 Å². The van der Waals surface area contributed by atoms with Crippen molar-refractivity contribution in [2.45, 2.75) is 32.0 Å². The van der Waals surface area contributed by atoms with Crippen LogP contribution in [0.2, 0.25) is 0 Å². The molecule has 0 heterocycles. The molecule has 0 bridgehead atoms. The summed E-state index contributed by atoms with van der Waals surface area (Å²) < 4.78 is 37.0. The second-order valence-corrected chi connectivity index (χ2v) is 3.14. The second-order valence-electron chi connectivity index (χ2n) is 3.14. The molecule has 0 amide bonds. The Morgan fingerprint density at radius 2 is 2.00 bits per heavy atom. The maximum absolute atomic E-state index is 12.3. The van der Waals surface area contributed by atoms with Crippen molar-refractivity contribution < 1.29 is 23.1 Å². The molecule has 1 unspecified atom stereocenters. The molecule has 0 fully saturated rings. The van der Waals surface area contributed by atoms with Gasteiger partial charge in [-0.1, -0.05) is 6.92 Å². The molecule has 3 nitrogen and oxygen atoms in total. The Labute approximate surface area is 80.5 Å². The molecule has 0 aromatic carbocycles. The summed E-state index contributed by atoms with van der Waals surface area (Å²) in [6, 6.07) is -1.89. The molecule has 1 N–H and O–H groups in total. The summed E-state index contributed by atoms with van der Waals surface area (Å²) in [6.07, 6.45) is -4.83. The molecule has 6 heteroatoms. The molecule has 0 saturated carbocycles. The first-order valence-corrected chi connectivity index (χ1v) is 4.27. The van der Waals surface area contributed by atoms with Crippen LogP contribution in [0.15, 0.2) is 0 Å². The number of halogens is 3. The first-order valence-electron chi connectivity index (χ1n) is 4.27. The van der Waals surface area contributed by atoms with E-state index in [-0.39, 0.29) is 6.54 Å². The van der Waals surface area contributed by atoms with Crippen LogP contribution in [0.5, 0.6) is 0 Å². The predicted octanol–water partition coefficient (Wildman–Crippen LogP) is 1.73. The zero-order valence-corrected chi connectivity index (χ0v) is 8.14. The number of aliphatic carboxylic acids is 1. The monoisotopic (exact) mass is 213 g/mol. The molecule has 84 valence electrons. The van der Waals surface area contributed by atoms with Gasteiger partial charge < -0.3 is 5.11 Å². The second kappa shape index (κ2) is 5.19. The summed E-state index contributed by atoms with van der Waals surface area (Å²) in [7, 11) is 1.28. The van der Waals surface area contributed by atoms with Gasteiger partial charge in [-0.2, -0.15) is 13.2 Å². The highest BCUT2D eigenvalue weighted by molar-refractivity contribution is 5.67. The number of alkyl halides is 3. The highest BCUT2D eigenvalue weighted by Crippen LogP contribution is 2.26. The van der Waals surface area contributed by atoms with Crippen LogP contribution in [0.1, 0.15) is 19.8 Å². The highest BCUT2D eigenvalue weighted by Gasteiger charge is 2.43. The lowest BCUT2D eigenvalue weighted by atomic mass is 10.1. The van der Waals surface area contributed by atoms with E-state index in [1.54, 1.807) is 6.92 Å². The molecule has 0 aromatic rings. The summed E-state index contributed by atoms with van der Waals surface area (Å²) in [4.78, 5) is 11.3. The van der Waals surface area contributed by atoms with Crippen molar-refractivity contribution in [3.05, 3.63) is 0 Å². The first kappa shape index (κ1) is 13.2. The van der Waals surface area contributed by atoms with E-state index in [4.69, 9.17) is 5.11 Å². The fraction of sp³-hybridized carbons (Fsp3) is 0.875. The van der Waals surface area contributed by atoms with Gasteiger partial charge in [-0.05, 0) is 20.0 Å². The Kier molecular flexibility index (Phi) is 4.90. The minimum absolute atomic E-state index is 0.234. The molecule has 0 spiro atoms. The summed E-state index contributed by atoms with van der Waals surface area (Å²) in [5.41, 5.74) is 0. The van der Waals surface area contributed by atoms with Crippen LogP contribution in [0.4, 0.5) is 13.2 Å². The lowest BCUT2D eigenvalue weighted by Crippen LogP contribution is -2.45. The van der Waals surface area contributed by atoms with Crippen molar-refractivity contribution in [3.63, 3.8) is 0 Å². The van der Waals surface area contributed by atoms with E-state index in [0.29, 0.717) is 6.42 Å². The molecular weight excluding hydrogens is 199 g/mol. The number of carboxylic acids is 1. The van der Waals surface area contributed by atoms with E-state index in [1.165, 1.54) is 7.05 Å². The summed E-state index contributed by atoms with van der Waals surface area (Å²) in [5.74, 6) is -1.43. The Hall–Kier alpha value is -0.780. The molecule has 0 aliphatic rings. The van der Waals surface area contributed by atoms with Crippen LogP contribution in [-0.2, 0) is 4.79 Å². The van der Waals surface area contributed by atoms with E-state index in [9.17, 15) is 18.0 Å². The standard InChI is InChI=1S/C8H14F3NO2/c1-3-4-12(2)6(5-7(13)14)8(9,10)11/h6H,3-5H2,1-2H3,(H,13,14). The van der Waals surface area contributed by atoms with Gasteiger partial charge in [-0.3, -0.25) is 9.69 Å². The van der Waals surface area contributed by atoms with Gasteiger partial charge in [0.15, 0.2) is 0 Å². The third-order valence-corrected chi connectivity index (χ3v) is 1.85. The van der Waals surface area contributed by atoms with Crippen molar-refractivity contribution in [2.24, 2.45) is 0 Å². The van der Waals surface area contributed by atoms with Gasteiger partial charge in [0, 0.05) is 0 Å². The largest absolute Gasteiger partial charge is 0.481 e. The van der Waals surface area contributed by atoms with E-state index in [2.05, 4.69) is 0 Å². The molecule has 1 atom stereocenters. The maximum Gasteiger partial charge on any atom is 0.404 e. The molecule has 0 aromatic heterocycles. The van der Waals surface area contributed by atoms with Crippen molar-refractivity contribution in [3.8, 4) is 0 Å². The number of hydrogen-bond donors (Lipinski definition) is 1. The van der Waals surface area contributed by atoms with Crippen molar-refractivity contribution >= 4 is 5.97 Å². The average Bonchev–Trinajstić information content (AvgIpc) is 1.98. The van der Waals surface area contributed by atoms with Crippen LogP contribution in [-0.4, -0.2) is 41.8 Å². The van der Waals surface area contributed by atoms with Crippen LogP contribution < -0.4 is 0 Å². The lowest BCUT2D eigenvalue weighted by Gasteiger charge is -2.28.